The molecule has 2 aromatic heterocycles. The van der Waals surface area contributed by atoms with Crippen LogP contribution in [0.5, 0.6) is 0 Å². The number of carboxylic acid groups (broad SMARTS) is 1. The van der Waals surface area contributed by atoms with E-state index >= 15 is 0 Å². The third kappa shape index (κ3) is 3.14. The van der Waals surface area contributed by atoms with Crippen LogP contribution in [0.15, 0.2) is 24.4 Å². The molecule has 0 amide bonds. The third-order valence-corrected chi connectivity index (χ3v) is 4.35. The lowest BCUT2D eigenvalue weighted by molar-refractivity contribution is -0.136. The Kier molecular flexibility index (Phi) is 4.16. The number of fused-ring (bicyclic) bond motifs is 1. The number of hydrogen-bond acceptors (Lipinski definition) is 3. The molecule has 2 unspecified atom stereocenters. The number of imidazole rings is 1. The van der Waals surface area contributed by atoms with E-state index in [2.05, 4.69) is 23.7 Å². The molecule has 5 nitrogen and oxygen atoms in total. The van der Waals surface area contributed by atoms with Gasteiger partial charge in [0.15, 0.2) is 0 Å². The molecule has 0 saturated carbocycles. The highest BCUT2D eigenvalue weighted by Crippen LogP contribution is 2.24. The summed E-state index contributed by atoms with van der Waals surface area (Å²) < 4.78 is 2.03. The molecule has 1 N–H and O–H groups in total. The van der Waals surface area contributed by atoms with Crippen molar-refractivity contribution in [2.24, 2.45) is 11.8 Å². The lowest BCUT2D eigenvalue weighted by Gasteiger charge is -2.34. The zero-order valence-electron chi connectivity index (χ0n) is 13.2. The quantitative estimate of drug-likeness (QED) is 0.942. The highest BCUT2D eigenvalue weighted by atomic mass is 16.4. The largest absolute Gasteiger partial charge is 0.481 e. The van der Waals surface area contributed by atoms with E-state index in [1.54, 1.807) is 0 Å². The van der Waals surface area contributed by atoms with Crippen LogP contribution in [-0.4, -0.2) is 38.4 Å². The van der Waals surface area contributed by atoms with Crippen LogP contribution in [0.1, 0.15) is 31.7 Å². The Bertz CT molecular complexity index is 670. The van der Waals surface area contributed by atoms with Crippen molar-refractivity contribution in [3.8, 4) is 0 Å². The van der Waals surface area contributed by atoms with Crippen molar-refractivity contribution in [1.29, 1.82) is 0 Å². The molecule has 5 heteroatoms. The summed E-state index contributed by atoms with van der Waals surface area (Å²) in [6, 6.07) is 5.82. The SMILES string of the molecule is CC1CC(C)CN(Cc2c(CC(=O)O)nc3ccccn23)C1. The monoisotopic (exact) mass is 301 g/mol. The summed E-state index contributed by atoms with van der Waals surface area (Å²) in [4.78, 5) is 18.1. The van der Waals surface area contributed by atoms with Gasteiger partial charge in [0.2, 0.25) is 0 Å². The van der Waals surface area contributed by atoms with Gasteiger partial charge >= 0.3 is 5.97 Å². The first-order valence-corrected chi connectivity index (χ1v) is 7.92. The van der Waals surface area contributed by atoms with Crippen LogP contribution in [-0.2, 0) is 17.8 Å². The maximum atomic E-state index is 11.1. The van der Waals surface area contributed by atoms with Crippen LogP contribution < -0.4 is 0 Å². The zero-order valence-corrected chi connectivity index (χ0v) is 13.2. The van der Waals surface area contributed by atoms with E-state index in [9.17, 15) is 4.79 Å². The average molecular weight is 301 g/mol. The van der Waals surface area contributed by atoms with Gasteiger partial charge in [0.1, 0.15) is 5.65 Å². The number of pyridine rings is 1. The maximum absolute atomic E-state index is 11.1. The molecule has 0 aromatic carbocycles. The van der Waals surface area contributed by atoms with E-state index in [1.165, 1.54) is 6.42 Å². The second-order valence-corrected chi connectivity index (χ2v) is 6.64. The molecule has 3 rings (SSSR count). The number of aliphatic carboxylic acids is 1. The molecule has 22 heavy (non-hydrogen) atoms. The minimum atomic E-state index is -0.829. The van der Waals surface area contributed by atoms with E-state index in [0.717, 1.165) is 31.0 Å². The topological polar surface area (TPSA) is 57.8 Å². The lowest BCUT2D eigenvalue weighted by atomic mass is 9.92. The summed E-state index contributed by atoms with van der Waals surface area (Å²) in [5.41, 5.74) is 2.52. The molecule has 0 radical (unpaired) electrons. The zero-order chi connectivity index (χ0) is 15.7. The Balaban J connectivity index is 1.92. The first-order valence-electron chi connectivity index (χ1n) is 7.92. The molecule has 0 spiro atoms. The number of carboxylic acids is 1. The second-order valence-electron chi connectivity index (χ2n) is 6.64. The summed E-state index contributed by atoms with van der Waals surface area (Å²) in [6.07, 6.45) is 3.22. The molecule has 3 heterocycles. The van der Waals surface area contributed by atoms with Crippen molar-refractivity contribution in [2.45, 2.75) is 33.2 Å². The molecule has 2 aromatic rings. The van der Waals surface area contributed by atoms with Crippen molar-refractivity contribution in [2.75, 3.05) is 13.1 Å². The van der Waals surface area contributed by atoms with Crippen LogP contribution in [0.4, 0.5) is 0 Å². The average Bonchev–Trinajstić information content (AvgIpc) is 2.75. The summed E-state index contributed by atoms with van der Waals surface area (Å²) in [5, 5.41) is 9.14. The van der Waals surface area contributed by atoms with Crippen LogP contribution in [0.2, 0.25) is 0 Å². The Labute approximate surface area is 130 Å². The Morgan fingerprint density at radius 2 is 2.05 bits per heavy atom. The molecule has 0 aliphatic carbocycles. The lowest BCUT2D eigenvalue weighted by Crippen LogP contribution is -2.38. The maximum Gasteiger partial charge on any atom is 0.309 e. The minimum absolute atomic E-state index is 0.0179. The van der Waals surface area contributed by atoms with Crippen LogP contribution in [0, 0.1) is 11.8 Å². The van der Waals surface area contributed by atoms with Gasteiger partial charge < -0.3 is 9.51 Å². The Morgan fingerprint density at radius 3 is 2.73 bits per heavy atom. The number of likely N-dealkylation sites (tertiary alicyclic amines) is 1. The number of hydrogen-bond donors (Lipinski definition) is 1. The Morgan fingerprint density at radius 1 is 1.32 bits per heavy atom. The van der Waals surface area contributed by atoms with Gasteiger partial charge in [-0.1, -0.05) is 19.9 Å². The molecule has 118 valence electrons. The number of nitrogens with zero attached hydrogens (tertiary/aromatic N) is 3. The predicted octanol–water partition coefficient (Wildman–Crippen LogP) is 2.44. The van der Waals surface area contributed by atoms with Gasteiger partial charge in [0.05, 0.1) is 17.8 Å². The van der Waals surface area contributed by atoms with Gasteiger partial charge in [-0.3, -0.25) is 9.69 Å². The van der Waals surface area contributed by atoms with Gasteiger partial charge in [-0.05, 0) is 30.4 Å². The van der Waals surface area contributed by atoms with Crippen molar-refractivity contribution >= 4 is 11.6 Å². The molecule has 0 bridgehead atoms. The van der Waals surface area contributed by atoms with Crippen molar-refractivity contribution in [3.05, 3.63) is 35.8 Å². The molecule has 1 aliphatic heterocycles. The minimum Gasteiger partial charge on any atom is -0.481 e. The predicted molar refractivity (Wildman–Crippen MR) is 84.8 cm³/mol. The number of aromatic nitrogens is 2. The van der Waals surface area contributed by atoms with Gasteiger partial charge in [-0.2, -0.15) is 0 Å². The molecule has 1 saturated heterocycles. The van der Waals surface area contributed by atoms with Crippen molar-refractivity contribution in [3.63, 3.8) is 0 Å². The van der Waals surface area contributed by atoms with Crippen LogP contribution >= 0.6 is 0 Å². The van der Waals surface area contributed by atoms with Gasteiger partial charge in [0.25, 0.3) is 0 Å². The molecule has 1 aliphatic rings. The third-order valence-electron chi connectivity index (χ3n) is 4.35. The first-order chi connectivity index (χ1) is 10.5. The second kappa shape index (κ2) is 6.08. The number of carbonyl (C=O) groups is 1. The molecular formula is C17H23N3O2. The summed E-state index contributed by atoms with van der Waals surface area (Å²) in [6.45, 7) is 7.47. The van der Waals surface area contributed by atoms with E-state index in [0.29, 0.717) is 17.5 Å². The normalized spacial score (nSPS) is 23.0. The molecule has 1 fully saturated rings. The summed E-state index contributed by atoms with van der Waals surface area (Å²) in [7, 11) is 0. The summed E-state index contributed by atoms with van der Waals surface area (Å²) >= 11 is 0. The number of piperidine rings is 1. The van der Waals surface area contributed by atoms with E-state index < -0.39 is 5.97 Å². The standard InChI is InChI=1S/C17H23N3O2/c1-12-7-13(2)10-19(9-12)11-15-14(8-17(21)22)18-16-5-3-4-6-20(15)16/h3-6,12-13H,7-11H2,1-2H3,(H,21,22). The van der Waals surface area contributed by atoms with Crippen LogP contribution in [0.3, 0.4) is 0 Å². The van der Waals surface area contributed by atoms with E-state index in [1.807, 2.05) is 28.8 Å². The molecular weight excluding hydrogens is 278 g/mol. The van der Waals surface area contributed by atoms with Gasteiger partial charge in [-0.25, -0.2) is 4.98 Å². The highest BCUT2D eigenvalue weighted by molar-refractivity contribution is 5.70. The fourth-order valence-electron chi connectivity index (χ4n) is 3.68. The van der Waals surface area contributed by atoms with Gasteiger partial charge in [0, 0.05) is 25.8 Å². The van der Waals surface area contributed by atoms with Crippen molar-refractivity contribution in [1.82, 2.24) is 14.3 Å². The van der Waals surface area contributed by atoms with Crippen molar-refractivity contribution < 1.29 is 9.90 Å². The van der Waals surface area contributed by atoms with Crippen LogP contribution in [0.25, 0.3) is 5.65 Å². The Hall–Kier alpha value is -1.88. The molecule has 2 atom stereocenters. The van der Waals surface area contributed by atoms with Gasteiger partial charge in [-0.15, -0.1) is 0 Å². The first kappa shape index (κ1) is 15.0. The summed E-state index contributed by atoms with van der Waals surface area (Å²) in [5.74, 6) is 0.543. The fourth-order valence-corrected chi connectivity index (χ4v) is 3.68. The van der Waals surface area contributed by atoms with E-state index in [4.69, 9.17) is 5.11 Å². The highest BCUT2D eigenvalue weighted by Gasteiger charge is 2.24. The smallest absolute Gasteiger partial charge is 0.309 e. The number of rotatable bonds is 4. The van der Waals surface area contributed by atoms with E-state index in [-0.39, 0.29) is 6.42 Å². The fraction of sp³-hybridized carbons (Fsp3) is 0.529.